The van der Waals surface area contributed by atoms with Gasteiger partial charge in [0.15, 0.2) is 0 Å². The molecule has 0 radical (unpaired) electrons. The highest BCUT2D eigenvalue weighted by molar-refractivity contribution is 5.86. The van der Waals surface area contributed by atoms with E-state index in [1.54, 1.807) is 7.11 Å². The minimum Gasteiger partial charge on any atom is -0.481 e. The number of rotatable bonds is 4. The molecule has 2 aromatic carbocycles. The van der Waals surface area contributed by atoms with Gasteiger partial charge < -0.3 is 9.47 Å². The van der Waals surface area contributed by atoms with Crippen LogP contribution < -0.4 is 4.74 Å². The van der Waals surface area contributed by atoms with E-state index in [1.807, 2.05) is 18.2 Å². The maximum atomic E-state index is 5.55. The molecule has 0 N–H and O–H groups in total. The molecule has 2 heterocycles. The van der Waals surface area contributed by atoms with Crippen LogP contribution in [0, 0.1) is 0 Å². The van der Waals surface area contributed by atoms with Crippen LogP contribution in [0.4, 0.5) is 0 Å². The van der Waals surface area contributed by atoms with E-state index >= 15 is 0 Å². The Balaban J connectivity index is 1.65. The molecule has 4 rings (SSSR count). The summed E-state index contributed by atoms with van der Waals surface area (Å²) in [5, 5.41) is 1.12. The first-order chi connectivity index (χ1) is 12.8. The Morgan fingerprint density at radius 3 is 2.50 bits per heavy atom. The van der Waals surface area contributed by atoms with E-state index in [1.165, 1.54) is 5.56 Å². The molecule has 4 nitrogen and oxygen atoms in total. The molecule has 0 saturated carbocycles. The number of hydrogen-bond donors (Lipinski definition) is 0. The van der Waals surface area contributed by atoms with Crippen molar-refractivity contribution in [3.8, 4) is 17.0 Å². The minimum absolute atomic E-state index is 0.393. The van der Waals surface area contributed by atoms with Crippen molar-refractivity contribution in [2.24, 2.45) is 0 Å². The van der Waals surface area contributed by atoms with Gasteiger partial charge in [0.2, 0.25) is 5.88 Å². The van der Waals surface area contributed by atoms with Gasteiger partial charge in [0.1, 0.15) is 0 Å². The van der Waals surface area contributed by atoms with E-state index in [2.05, 4.69) is 53.2 Å². The van der Waals surface area contributed by atoms with E-state index in [0.29, 0.717) is 11.9 Å². The second kappa shape index (κ2) is 7.44. The van der Waals surface area contributed by atoms with Gasteiger partial charge in [-0.05, 0) is 30.2 Å². The van der Waals surface area contributed by atoms with Crippen LogP contribution in [0.2, 0.25) is 0 Å². The molecule has 1 fully saturated rings. The van der Waals surface area contributed by atoms with E-state index < -0.39 is 0 Å². The predicted octanol–water partition coefficient (Wildman–Crippen LogP) is 4.30. The zero-order valence-corrected chi connectivity index (χ0v) is 15.3. The van der Waals surface area contributed by atoms with Crippen molar-refractivity contribution in [2.45, 2.75) is 13.0 Å². The number of methoxy groups -OCH3 is 1. The van der Waals surface area contributed by atoms with Crippen LogP contribution in [-0.4, -0.2) is 43.3 Å². The van der Waals surface area contributed by atoms with Crippen molar-refractivity contribution in [2.75, 3.05) is 33.4 Å². The van der Waals surface area contributed by atoms with Crippen LogP contribution >= 0.6 is 0 Å². The van der Waals surface area contributed by atoms with Gasteiger partial charge in [0.25, 0.3) is 0 Å². The van der Waals surface area contributed by atoms with Gasteiger partial charge in [-0.15, -0.1) is 0 Å². The van der Waals surface area contributed by atoms with E-state index in [9.17, 15) is 0 Å². The molecule has 1 atom stereocenters. The Labute approximate surface area is 154 Å². The maximum Gasteiger partial charge on any atom is 0.221 e. The second-order valence-electron chi connectivity index (χ2n) is 6.68. The lowest BCUT2D eigenvalue weighted by Crippen LogP contribution is -2.37. The van der Waals surface area contributed by atoms with Crippen molar-refractivity contribution in [3.05, 3.63) is 60.2 Å². The molecule has 0 spiro atoms. The molecule has 1 saturated heterocycles. The van der Waals surface area contributed by atoms with Crippen molar-refractivity contribution < 1.29 is 9.47 Å². The third-order valence-electron chi connectivity index (χ3n) is 5.18. The van der Waals surface area contributed by atoms with E-state index in [-0.39, 0.29) is 0 Å². The van der Waals surface area contributed by atoms with Crippen LogP contribution in [0.25, 0.3) is 22.0 Å². The first-order valence-electron chi connectivity index (χ1n) is 9.12. The Kier molecular flexibility index (Phi) is 4.87. The number of para-hydroxylation sites is 1. The molecule has 1 aromatic heterocycles. The van der Waals surface area contributed by atoms with Gasteiger partial charge >= 0.3 is 0 Å². The Hall–Kier alpha value is -2.43. The molecule has 26 heavy (non-hydrogen) atoms. The summed E-state index contributed by atoms with van der Waals surface area (Å²) < 4.78 is 11.0. The maximum absolute atomic E-state index is 5.55. The van der Waals surface area contributed by atoms with Gasteiger partial charge in [0, 0.05) is 30.1 Å². The fraction of sp³-hybridized carbons (Fsp3) is 0.318. The zero-order valence-electron chi connectivity index (χ0n) is 15.3. The molecule has 134 valence electrons. The highest BCUT2D eigenvalue weighted by atomic mass is 16.5. The standard InChI is InChI=1S/C22H24N2O2/c1-16(24-11-13-26-14-12-24)17-7-9-18(10-8-17)20-15-19-5-3-4-6-21(19)23-22(20)25-2/h3-10,15-16H,11-14H2,1-2H3/t16-/m1/s1. The number of pyridine rings is 1. The number of benzene rings is 2. The van der Waals surface area contributed by atoms with Crippen LogP contribution in [0.15, 0.2) is 54.6 Å². The van der Waals surface area contributed by atoms with E-state index in [0.717, 1.165) is 48.3 Å². The second-order valence-corrected chi connectivity index (χ2v) is 6.68. The fourth-order valence-electron chi connectivity index (χ4n) is 3.58. The first-order valence-corrected chi connectivity index (χ1v) is 9.12. The minimum atomic E-state index is 0.393. The average molecular weight is 348 g/mol. The molecule has 0 aliphatic carbocycles. The number of ether oxygens (including phenoxy) is 2. The molecular formula is C22H24N2O2. The topological polar surface area (TPSA) is 34.6 Å². The fourth-order valence-corrected chi connectivity index (χ4v) is 3.58. The summed E-state index contributed by atoms with van der Waals surface area (Å²) in [5.41, 5.74) is 4.42. The summed E-state index contributed by atoms with van der Waals surface area (Å²) in [6, 6.07) is 19.4. The van der Waals surface area contributed by atoms with Crippen LogP contribution in [0.5, 0.6) is 5.88 Å². The number of hydrogen-bond acceptors (Lipinski definition) is 4. The lowest BCUT2D eigenvalue weighted by Gasteiger charge is -2.32. The average Bonchev–Trinajstić information content (AvgIpc) is 2.73. The summed E-state index contributed by atoms with van der Waals surface area (Å²) in [7, 11) is 1.68. The summed E-state index contributed by atoms with van der Waals surface area (Å²) in [6.45, 7) is 5.89. The van der Waals surface area contributed by atoms with Gasteiger partial charge in [-0.2, -0.15) is 0 Å². The van der Waals surface area contributed by atoms with Crippen molar-refractivity contribution in [1.29, 1.82) is 0 Å². The third kappa shape index (κ3) is 3.30. The van der Waals surface area contributed by atoms with Crippen LogP contribution in [0.3, 0.4) is 0 Å². The number of fused-ring (bicyclic) bond motifs is 1. The summed E-state index contributed by atoms with van der Waals surface area (Å²) in [4.78, 5) is 7.13. The van der Waals surface area contributed by atoms with Gasteiger partial charge in [0.05, 0.1) is 25.8 Å². The van der Waals surface area contributed by atoms with Crippen LogP contribution in [0.1, 0.15) is 18.5 Å². The Morgan fingerprint density at radius 2 is 1.77 bits per heavy atom. The lowest BCUT2D eigenvalue weighted by atomic mass is 10.00. The summed E-state index contributed by atoms with van der Waals surface area (Å²) in [6.07, 6.45) is 0. The number of morpholine rings is 1. The predicted molar refractivity (Wildman–Crippen MR) is 105 cm³/mol. The quantitative estimate of drug-likeness (QED) is 0.704. The van der Waals surface area contributed by atoms with Crippen LogP contribution in [-0.2, 0) is 4.74 Å². The van der Waals surface area contributed by atoms with Gasteiger partial charge in [-0.3, -0.25) is 4.90 Å². The smallest absolute Gasteiger partial charge is 0.221 e. The largest absolute Gasteiger partial charge is 0.481 e. The van der Waals surface area contributed by atoms with Crippen molar-refractivity contribution >= 4 is 10.9 Å². The highest BCUT2D eigenvalue weighted by Crippen LogP contribution is 2.32. The number of nitrogens with zero attached hydrogens (tertiary/aromatic N) is 2. The molecule has 4 heteroatoms. The SMILES string of the molecule is COc1nc2ccccc2cc1-c1ccc([C@@H](C)N2CCOCC2)cc1. The number of aromatic nitrogens is 1. The van der Waals surface area contributed by atoms with E-state index in [4.69, 9.17) is 9.47 Å². The Bertz CT molecular complexity index is 886. The normalized spacial score (nSPS) is 16.5. The molecule has 1 aliphatic rings. The van der Waals surface area contributed by atoms with Crippen molar-refractivity contribution in [1.82, 2.24) is 9.88 Å². The monoisotopic (exact) mass is 348 g/mol. The zero-order chi connectivity index (χ0) is 17.9. The molecular weight excluding hydrogens is 324 g/mol. The Morgan fingerprint density at radius 1 is 1.04 bits per heavy atom. The molecule has 1 aliphatic heterocycles. The molecule has 0 amide bonds. The molecule has 0 unspecified atom stereocenters. The first kappa shape index (κ1) is 17.0. The molecule has 3 aromatic rings. The van der Waals surface area contributed by atoms with Gasteiger partial charge in [-0.1, -0.05) is 42.5 Å². The van der Waals surface area contributed by atoms with Gasteiger partial charge in [-0.25, -0.2) is 4.98 Å². The third-order valence-corrected chi connectivity index (χ3v) is 5.18. The lowest BCUT2D eigenvalue weighted by molar-refractivity contribution is 0.0198. The highest BCUT2D eigenvalue weighted by Gasteiger charge is 2.18. The molecule has 0 bridgehead atoms. The summed E-state index contributed by atoms with van der Waals surface area (Å²) >= 11 is 0. The van der Waals surface area contributed by atoms with Crippen molar-refractivity contribution in [3.63, 3.8) is 0 Å². The summed E-state index contributed by atoms with van der Waals surface area (Å²) in [5.74, 6) is 0.665.